The first-order valence-corrected chi connectivity index (χ1v) is 10.7. The molecule has 0 aromatic carbocycles. The van der Waals surface area contributed by atoms with E-state index in [9.17, 15) is 0 Å². The molecule has 1 N–H and O–H groups in total. The van der Waals surface area contributed by atoms with E-state index < -0.39 is 0 Å². The number of morpholine rings is 1. The van der Waals surface area contributed by atoms with Crippen LogP contribution in [-0.4, -0.2) is 77.0 Å². The summed E-state index contributed by atoms with van der Waals surface area (Å²) in [5.74, 6) is 2.67. The molecular weight excluding hydrogens is 374 g/mol. The number of aryl methyl sites for hydroxylation is 1. The number of aliphatic imine (C=N–C) groups is 1. The SMILES string of the molecule is Cc1nnc(CN=C(NCCCN2CCOCC2)N(C)Cc2ccsc2)n1C. The van der Waals surface area contributed by atoms with Gasteiger partial charge in [-0.1, -0.05) is 0 Å². The van der Waals surface area contributed by atoms with Gasteiger partial charge >= 0.3 is 0 Å². The second kappa shape index (κ2) is 10.5. The molecule has 0 bridgehead atoms. The quantitative estimate of drug-likeness (QED) is 0.408. The summed E-state index contributed by atoms with van der Waals surface area (Å²) < 4.78 is 7.40. The highest BCUT2D eigenvalue weighted by atomic mass is 32.1. The molecule has 154 valence electrons. The van der Waals surface area contributed by atoms with Crippen molar-refractivity contribution in [2.24, 2.45) is 12.0 Å². The van der Waals surface area contributed by atoms with Crippen molar-refractivity contribution in [2.45, 2.75) is 26.4 Å². The Kier molecular flexibility index (Phi) is 7.81. The van der Waals surface area contributed by atoms with Gasteiger partial charge in [0.05, 0.1) is 13.2 Å². The van der Waals surface area contributed by atoms with Crippen LogP contribution < -0.4 is 5.32 Å². The molecule has 1 saturated heterocycles. The summed E-state index contributed by atoms with van der Waals surface area (Å²) in [5.41, 5.74) is 1.30. The molecule has 2 aromatic rings. The van der Waals surface area contributed by atoms with Crippen molar-refractivity contribution in [3.63, 3.8) is 0 Å². The number of thiophene rings is 1. The van der Waals surface area contributed by atoms with E-state index in [1.807, 2.05) is 18.5 Å². The van der Waals surface area contributed by atoms with Gasteiger partial charge < -0.3 is 19.5 Å². The minimum atomic E-state index is 0.511. The fraction of sp³-hybridized carbons (Fsp3) is 0.632. The summed E-state index contributed by atoms with van der Waals surface area (Å²) in [5, 5.41) is 16.2. The van der Waals surface area contributed by atoms with Gasteiger partial charge in [-0.05, 0) is 42.3 Å². The lowest BCUT2D eigenvalue weighted by molar-refractivity contribution is 0.0375. The van der Waals surface area contributed by atoms with Gasteiger partial charge in [0.15, 0.2) is 11.8 Å². The Morgan fingerprint density at radius 1 is 1.36 bits per heavy atom. The Balaban J connectivity index is 1.56. The molecule has 0 atom stereocenters. The molecule has 3 heterocycles. The third-order valence-corrected chi connectivity index (χ3v) is 5.68. The number of aromatic nitrogens is 3. The average molecular weight is 406 g/mol. The standard InChI is InChI=1S/C19H31N7OS/c1-16-22-23-18(25(16)3)13-21-19(24(2)14-17-5-12-28-15-17)20-6-4-7-26-8-10-27-11-9-26/h5,12,15H,4,6-11,13-14H2,1-3H3,(H,20,21). The molecule has 9 heteroatoms. The Morgan fingerprint density at radius 3 is 2.86 bits per heavy atom. The molecular formula is C19H31N7OS. The zero-order valence-electron chi connectivity index (χ0n) is 17.1. The molecule has 0 spiro atoms. The first kappa shape index (κ1) is 20.8. The van der Waals surface area contributed by atoms with Crippen LogP contribution in [0.15, 0.2) is 21.8 Å². The third-order valence-electron chi connectivity index (χ3n) is 4.95. The van der Waals surface area contributed by atoms with E-state index in [4.69, 9.17) is 9.73 Å². The molecule has 0 aliphatic carbocycles. The van der Waals surface area contributed by atoms with Crippen molar-refractivity contribution in [1.82, 2.24) is 29.9 Å². The lowest BCUT2D eigenvalue weighted by Gasteiger charge is -2.27. The summed E-state index contributed by atoms with van der Waals surface area (Å²) in [6.45, 7) is 9.03. The van der Waals surface area contributed by atoms with Crippen molar-refractivity contribution < 1.29 is 4.74 Å². The topological polar surface area (TPSA) is 70.8 Å². The number of nitrogens with one attached hydrogen (secondary N) is 1. The van der Waals surface area contributed by atoms with Crippen LogP contribution in [-0.2, 0) is 24.9 Å². The van der Waals surface area contributed by atoms with Gasteiger partial charge in [0.25, 0.3) is 0 Å². The minimum absolute atomic E-state index is 0.511. The highest BCUT2D eigenvalue weighted by molar-refractivity contribution is 7.07. The van der Waals surface area contributed by atoms with Crippen molar-refractivity contribution in [3.8, 4) is 0 Å². The van der Waals surface area contributed by atoms with E-state index in [2.05, 4.69) is 49.2 Å². The Hall–Kier alpha value is -1.97. The molecule has 1 aliphatic heterocycles. The van der Waals surface area contributed by atoms with E-state index >= 15 is 0 Å². The monoisotopic (exact) mass is 405 g/mol. The van der Waals surface area contributed by atoms with Crippen LogP contribution in [0.5, 0.6) is 0 Å². The molecule has 0 amide bonds. The van der Waals surface area contributed by atoms with Gasteiger partial charge in [0, 0.05) is 40.3 Å². The molecule has 0 radical (unpaired) electrons. The lowest BCUT2D eigenvalue weighted by atomic mass is 10.3. The summed E-state index contributed by atoms with van der Waals surface area (Å²) in [4.78, 5) is 9.44. The fourth-order valence-corrected chi connectivity index (χ4v) is 3.76. The smallest absolute Gasteiger partial charge is 0.194 e. The maximum absolute atomic E-state index is 5.42. The lowest BCUT2D eigenvalue weighted by Crippen LogP contribution is -2.41. The number of ether oxygens (including phenoxy) is 1. The first-order valence-electron chi connectivity index (χ1n) is 9.79. The van der Waals surface area contributed by atoms with Gasteiger partial charge in [-0.3, -0.25) is 4.90 Å². The van der Waals surface area contributed by atoms with Crippen LogP contribution in [0.1, 0.15) is 23.6 Å². The third kappa shape index (κ3) is 6.02. The van der Waals surface area contributed by atoms with E-state index in [-0.39, 0.29) is 0 Å². The van der Waals surface area contributed by atoms with Crippen molar-refractivity contribution in [1.29, 1.82) is 0 Å². The maximum Gasteiger partial charge on any atom is 0.194 e. The van der Waals surface area contributed by atoms with Crippen molar-refractivity contribution in [2.75, 3.05) is 46.4 Å². The van der Waals surface area contributed by atoms with E-state index in [1.54, 1.807) is 11.3 Å². The molecule has 1 aliphatic rings. The van der Waals surface area contributed by atoms with Crippen molar-refractivity contribution >= 4 is 17.3 Å². The van der Waals surface area contributed by atoms with Crippen LogP contribution in [0.2, 0.25) is 0 Å². The van der Waals surface area contributed by atoms with E-state index in [1.165, 1.54) is 5.56 Å². The van der Waals surface area contributed by atoms with Crippen LogP contribution in [0, 0.1) is 6.92 Å². The summed E-state index contributed by atoms with van der Waals surface area (Å²) in [6, 6.07) is 2.16. The molecule has 3 rings (SSSR count). The first-order chi connectivity index (χ1) is 13.6. The highest BCUT2D eigenvalue weighted by Crippen LogP contribution is 2.09. The second-order valence-electron chi connectivity index (χ2n) is 7.08. The highest BCUT2D eigenvalue weighted by Gasteiger charge is 2.12. The van der Waals surface area contributed by atoms with Gasteiger partial charge in [-0.25, -0.2) is 4.99 Å². The number of hydrogen-bond acceptors (Lipinski definition) is 6. The second-order valence-corrected chi connectivity index (χ2v) is 7.86. The number of guanidine groups is 1. The normalized spacial score (nSPS) is 15.8. The molecule has 1 fully saturated rings. The number of nitrogens with zero attached hydrogens (tertiary/aromatic N) is 6. The zero-order valence-corrected chi connectivity index (χ0v) is 17.9. The van der Waals surface area contributed by atoms with Gasteiger partial charge in [0.1, 0.15) is 12.4 Å². The summed E-state index contributed by atoms with van der Waals surface area (Å²) >= 11 is 1.72. The van der Waals surface area contributed by atoms with Gasteiger partial charge in [-0.15, -0.1) is 10.2 Å². The summed E-state index contributed by atoms with van der Waals surface area (Å²) in [6.07, 6.45) is 1.08. The Labute approximate surface area is 171 Å². The van der Waals surface area contributed by atoms with Crippen LogP contribution in [0.3, 0.4) is 0 Å². The largest absolute Gasteiger partial charge is 0.379 e. The summed E-state index contributed by atoms with van der Waals surface area (Å²) in [7, 11) is 4.05. The molecule has 0 unspecified atom stereocenters. The van der Waals surface area contributed by atoms with Crippen LogP contribution in [0.4, 0.5) is 0 Å². The maximum atomic E-state index is 5.42. The predicted octanol–water partition coefficient (Wildman–Crippen LogP) is 1.48. The molecule has 28 heavy (non-hydrogen) atoms. The van der Waals surface area contributed by atoms with Crippen LogP contribution >= 0.6 is 11.3 Å². The zero-order chi connectivity index (χ0) is 19.8. The predicted molar refractivity (Wildman–Crippen MR) is 113 cm³/mol. The van der Waals surface area contributed by atoms with E-state index in [0.717, 1.165) is 70.0 Å². The Morgan fingerprint density at radius 2 is 2.18 bits per heavy atom. The van der Waals surface area contributed by atoms with Gasteiger partial charge in [-0.2, -0.15) is 11.3 Å². The Bertz CT molecular complexity index is 738. The molecule has 2 aromatic heterocycles. The molecule has 0 saturated carbocycles. The number of hydrogen-bond donors (Lipinski definition) is 1. The van der Waals surface area contributed by atoms with Crippen LogP contribution in [0.25, 0.3) is 0 Å². The van der Waals surface area contributed by atoms with E-state index in [0.29, 0.717) is 6.54 Å². The number of rotatable bonds is 8. The fourth-order valence-electron chi connectivity index (χ4n) is 3.10. The van der Waals surface area contributed by atoms with Gasteiger partial charge in [0.2, 0.25) is 0 Å². The van der Waals surface area contributed by atoms with Crippen molar-refractivity contribution in [3.05, 3.63) is 34.0 Å². The molecule has 8 nitrogen and oxygen atoms in total. The average Bonchev–Trinajstić information content (AvgIpc) is 3.33. The minimum Gasteiger partial charge on any atom is -0.379 e.